The molecule has 1 aliphatic rings. The molecule has 0 spiro atoms. The van der Waals surface area contributed by atoms with Crippen molar-refractivity contribution in [3.05, 3.63) is 60.7 Å². The van der Waals surface area contributed by atoms with Gasteiger partial charge in [-0.1, -0.05) is 30.3 Å². The SMILES string of the molecule is COc1ccc(NC(=O)C2CCN(S(=O)(=O)c3ccc4ccccc4c3)CC2)cc1OC. The molecular weight excluding hydrogens is 428 g/mol. The highest BCUT2D eigenvalue weighted by molar-refractivity contribution is 7.89. The number of carbonyl (C=O) groups is 1. The fourth-order valence-corrected chi connectivity index (χ4v) is 5.50. The van der Waals surface area contributed by atoms with Crippen molar-refractivity contribution >= 4 is 32.4 Å². The topological polar surface area (TPSA) is 84.9 Å². The molecular formula is C24H26N2O5S. The van der Waals surface area contributed by atoms with Gasteiger partial charge in [0.05, 0.1) is 19.1 Å². The third-order valence-corrected chi connectivity index (χ3v) is 7.73. The first-order valence-corrected chi connectivity index (χ1v) is 11.9. The van der Waals surface area contributed by atoms with Crippen LogP contribution >= 0.6 is 0 Å². The molecule has 0 aliphatic carbocycles. The van der Waals surface area contributed by atoms with E-state index < -0.39 is 10.0 Å². The van der Waals surface area contributed by atoms with Gasteiger partial charge in [-0.15, -0.1) is 0 Å². The zero-order valence-electron chi connectivity index (χ0n) is 18.1. The van der Waals surface area contributed by atoms with Gasteiger partial charge in [-0.3, -0.25) is 4.79 Å². The molecule has 168 valence electrons. The molecule has 32 heavy (non-hydrogen) atoms. The van der Waals surface area contributed by atoms with Crippen molar-refractivity contribution in [1.82, 2.24) is 4.31 Å². The molecule has 0 atom stereocenters. The number of nitrogens with zero attached hydrogens (tertiary/aromatic N) is 1. The van der Waals surface area contributed by atoms with Crippen LogP contribution in [0.5, 0.6) is 11.5 Å². The van der Waals surface area contributed by atoms with Gasteiger partial charge in [-0.25, -0.2) is 8.42 Å². The predicted molar refractivity (Wildman–Crippen MR) is 124 cm³/mol. The van der Waals surface area contributed by atoms with Crippen molar-refractivity contribution in [2.45, 2.75) is 17.7 Å². The molecule has 3 aromatic carbocycles. The number of nitrogens with one attached hydrogen (secondary N) is 1. The van der Waals surface area contributed by atoms with Crippen LogP contribution < -0.4 is 14.8 Å². The summed E-state index contributed by atoms with van der Waals surface area (Å²) in [7, 11) is -0.519. The molecule has 1 aliphatic heterocycles. The molecule has 4 rings (SSSR count). The van der Waals surface area contributed by atoms with Crippen LogP contribution in [-0.4, -0.2) is 45.9 Å². The van der Waals surface area contributed by atoms with Crippen LogP contribution in [-0.2, 0) is 14.8 Å². The number of amides is 1. The smallest absolute Gasteiger partial charge is 0.243 e. The van der Waals surface area contributed by atoms with Gasteiger partial charge >= 0.3 is 0 Å². The van der Waals surface area contributed by atoms with Gasteiger partial charge in [0.25, 0.3) is 0 Å². The maximum Gasteiger partial charge on any atom is 0.243 e. The summed E-state index contributed by atoms with van der Waals surface area (Å²) in [5, 5.41) is 4.78. The number of rotatable bonds is 6. The van der Waals surface area contributed by atoms with Gasteiger partial charge in [0.15, 0.2) is 11.5 Å². The van der Waals surface area contributed by atoms with Crippen LogP contribution in [0.2, 0.25) is 0 Å². The highest BCUT2D eigenvalue weighted by Gasteiger charge is 2.32. The summed E-state index contributed by atoms with van der Waals surface area (Å²) >= 11 is 0. The number of methoxy groups -OCH3 is 2. The number of sulfonamides is 1. The van der Waals surface area contributed by atoms with Gasteiger partial charge < -0.3 is 14.8 Å². The number of hydrogen-bond donors (Lipinski definition) is 1. The number of benzene rings is 3. The summed E-state index contributed by atoms with van der Waals surface area (Å²) in [6, 6.07) is 18.0. The molecule has 1 heterocycles. The maximum atomic E-state index is 13.1. The van der Waals surface area contributed by atoms with Crippen molar-refractivity contribution < 1.29 is 22.7 Å². The second-order valence-electron chi connectivity index (χ2n) is 7.75. The standard InChI is InChI=1S/C24H26N2O5S/c1-30-22-10-8-20(16-23(22)31-2)25-24(27)18-11-13-26(14-12-18)32(28,29)21-9-7-17-5-3-4-6-19(17)15-21/h3-10,15-16,18H,11-14H2,1-2H3,(H,25,27). The first-order chi connectivity index (χ1) is 15.4. The Morgan fingerprint density at radius 2 is 1.59 bits per heavy atom. The summed E-state index contributed by atoms with van der Waals surface area (Å²) in [5.41, 5.74) is 0.610. The third kappa shape index (κ3) is 4.42. The molecule has 0 saturated carbocycles. The van der Waals surface area contributed by atoms with E-state index in [1.165, 1.54) is 11.4 Å². The van der Waals surface area contributed by atoms with E-state index in [-0.39, 0.29) is 16.7 Å². The van der Waals surface area contributed by atoms with Crippen molar-refractivity contribution in [3.63, 3.8) is 0 Å². The van der Waals surface area contributed by atoms with Gasteiger partial charge in [-0.2, -0.15) is 4.31 Å². The van der Waals surface area contributed by atoms with Gasteiger partial charge in [0.2, 0.25) is 15.9 Å². The predicted octanol–water partition coefficient (Wildman–Crippen LogP) is 3.90. The number of anilines is 1. The Morgan fingerprint density at radius 1 is 0.906 bits per heavy atom. The Morgan fingerprint density at radius 3 is 2.28 bits per heavy atom. The Hall–Kier alpha value is -3.10. The lowest BCUT2D eigenvalue weighted by Gasteiger charge is -2.30. The van der Waals surface area contributed by atoms with Crippen LogP contribution in [0, 0.1) is 5.92 Å². The highest BCUT2D eigenvalue weighted by Crippen LogP contribution is 2.31. The number of fused-ring (bicyclic) bond motifs is 1. The minimum Gasteiger partial charge on any atom is -0.493 e. The first kappa shape index (κ1) is 22.1. The van der Waals surface area contributed by atoms with Crippen LogP contribution in [0.4, 0.5) is 5.69 Å². The van der Waals surface area contributed by atoms with Crippen molar-refractivity contribution in [3.8, 4) is 11.5 Å². The van der Waals surface area contributed by atoms with E-state index in [4.69, 9.17) is 9.47 Å². The molecule has 0 aromatic heterocycles. The molecule has 0 bridgehead atoms. The van der Waals surface area contributed by atoms with Crippen LogP contribution in [0.3, 0.4) is 0 Å². The average molecular weight is 455 g/mol. The van der Waals surface area contributed by atoms with Crippen molar-refractivity contribution in [1.29, 1.82) is 0 Å². The first-order valence-electron chi connectivity index (χ1n) is 10.4. The van der Waals surface area contributed by atoms with E-state index >= 15 is 0 Å². The monoisotopic (exact) mass is 454 g/mol. The summed E-state index contributed by atoms with van der Waals surface area (Å²) in [4.78, 5) is 13.0. The fraction of sp³-hybridized carbons (Fsp3) is 0.292. The summed E-state index contributed by atoms with van der Waals surface area (Å²) in [6.45, 7) is 0.609. The minimum absolute atomic E-state index is 0.125. The average Bonchev–Trinajstić information content (AvgIpc) is 2.83. The maximum absolute atomic E-state index is 13.1. The quantitative estimate of drug-likeness (QED) is 0.611. The number of piperidine rings is 1. The van der Waals surface area contributed by atoms with Crippen LogP contribution in [0.15, 0.2) is 65.6 Å². The molecule has 1 fully saturated rings. The van der Waals surface area contributed by atoms with E-state index in [1.807, 2.05) is 30.3 Å². The Labute approximate surface area is 188 Å². The highest BCUT2D eigenvalue weighted by atomic mass is 32.2. The van der Waals surface area contributed by atoms with Gasteiger partial charge in [-0.05, 0) is 47.9 Å². The fourth-order valence-electron chi connectivity index (χ4n) is 3.99. The van der Waals surface area contributed by atoms with E-state index in [0.29, 0.717) is 43.1 Å². The third-order valence-electron chi connectivity index (χ3n) is 5.83. The molecule has 7 nitrogen and oxygen atoms in total. The Bertz CT molecular complexity index is 1230. The van der Waals surface area contributed by atoms with Gasteiger partial charge in [0.1, 0.15) is 0 Å². The van der Waals surface area contributed by atoms with E-state index in [0.717, 1.165) is 10.8 Å². The minimum atomic E-state index is -3.61. The zero-order chi connectivity index (χ0) is 22.7. The molecule has 3 aromatic rings. The Kier molecular flexibility index (Phi) is 6.34. The largest absolute Gasteiger partial charge is 0.493 e. The van der Waals surface area contributed by atoms with E-state index in [9.17, 15) is 13.2 Å². The molecule has 1 saturated heterocycles. The summed E-state index contributed by atoms with van der Waals surface area (Å²) in [6.07, 6.45) is 0.928. The summed E-state index contributed by atoms with van der Waals surface area (Å²) in [5.74, 6) is 0.727. The summed E-state index contributed by atoms with van der Waals surface area (Å²) < 4.78 is 38.2. The molecule has 0 unspecified atom stereocenters. The molecule has 1 N–H and O–H groups in total. The van der Waals surface area contributed by atoms with E-state index in [1.54, 1.807) is 37.4 Å². The molecule has 8 heteroatoms. The van der Waals surface area contributed by atoms with Crippen molar-refractivity contribution in [2.24, 2.45) is 5.92 Å². The van der Waals surface area contributed by atoms with Gasteiger partial charge in [0, 0.05) is 30.8 Å². The van der Waals surface area contributed by atoms with Crippen LogP contribution in [0.1, 0.15) is 12.8 Å². The molecule has 1 amide bonds. The van der Waals surface area contributed by atoms with Crippen LogP contribution in [0.25, 0.3) is 10.8 Å². The lowest BCUT2D eigenvalue weighted by molar-refractivity contribution is -0.120. The Balaban J connectivity index is 1.41. The lowest BCUT2D eigenvalue weighted by atomic mass is 9.97. The van der Waals surface area contributed by atoms with E-state index in [2.05, 4.69) is 5.32 Å². The molecule has 0 radical (unpaired) electrons. The van der Waals surface area contributed by atoms with Crippen molar-refractivity contribution in [2.75, 3.05) is 32.6 Å². The second kappa shape index (κ2) is 9.18. The zero-order valence-corrected chi connectivity index (χ0v) is 18.9. The number of hydrogen-bond acceptors (Lipinski definition) is 5. The second-order valence-corrected chi connectivity index (χ2v) is 9.68. The lowest BCUT2D eigenvalue weighted by Crippen LogP contribution is -2.41. The number of ether oxygens (including phenoxy) is 2. The normalized spacial score (nSPS) is 15.4. The number of carbonyl (C=O) groups excluding carboxylic acids is 1.